The van der Waals surface area contributed by atoms with Crippen LogP contribution < -0.4 is 15.4 Å². The van der Waals surface area contributed by atoms with Gasteiger partial charge in [0.25, 0.3) is 0 Å². The summed E-state index contributed by atoms with van der Waals surface area (Å²) in [5, 5.41) is 5.73. The van der Waals surface area contributed by atoms with Crippen LogP contribution in [0.4, 0.5) is 15.8 Å². The van der Waals surface area contributed by atoms with Crippen molar-refractivity contribution in [2.24, 2.45) is 0 Å². The third-order valence-corrected chi connectivity index (χ3v) is 3.29. The Bertz CT molecular complexity index is 646. The fraction of sp³-hybridized carbons (Fsp3) is 0.235. The molecule has 0 fully saturated rings. The van der Waals surface area contributed by atoms with Crippen LogP contribution in [-0.2, 0) is 4.79 Å². The number of carbonyl (C=O) groups excluding carboxylic acids is 1. The van der Waals surface area contributed by atoms with Crippen LogP contribution in [0.25, 0.3) is 0 Å². The second-order valence-electron chi connectivity index (χ2n) is 4.77. The number of rotatable bonds is 6. The minimum Gasteiger partial charge on any atom is -0.495 e. The van der Waals surface area contributed by atoms with E-state index in [1.165, 1.54) is 12.1 Å². The zero-order valence-corrected chi connectivity index (χ0v) is 12.6. The molecule has 0 spiro atoms. The van der Waals surface area contributed by atoms with Crippen LogP contribution in [0, 0.1) is 5.82 Å². The summed E-state index contributed by atoms with van der Waals surface area (Å²) < 4.78 is 18.9. The largest absolute Gasteiger partial charge is 0.495 e. The highest BCUT2D eigenvalue weighted by molar-refractivity contribution is 5.96. The Morgan fingerprint density at radius 2 is 1.77 bits per heavy atom. The summed E-state index contributed by atoms with van der Waals surface area (Å²) in [6, 6.07) is 12.9. The molecule has 0 aliphatic heterocycles. The van der Waals surface area contributed by atoms with Gasteiger partial charge in [0.15, 0.2) is 0 Å². The van der Waals surface area contributed by atoms with E-state index in [0.717, 1.165) is 5.69 Å². The number of nitrogens with one attached hydrogen (secondary N) is 2. The molecule has 0 saturated carbocycles. The average molecular weight is 302 g/mol. The van der Waals surface area contributed by atoms with Gasteiger partial charge in [-0.1, -0.05) is 31.2 Å². The van der Waals surface area contributed by atoms with Gasteiger partial charge in [0.2, 0.25) is 5.91 Å². The van der Waals surface area contributed by atoms with E-state index < -0.39 is 11.9 Å². The Hall–Kier alpha value is -2.56. The first-order chi connectivity index (χ1) is 10.7. The van der Waals surface area contributed by atoms with Crippen molar-refractivity contribution in [2.75, 3.05) is 17.7 Å². The fourth-order valence-corrected chi connectivity index (χ4v) is 2.09. The second-order valence-corrected chi connectivity index (χ2v) is 4.77. The molecule has 0 radical (unpaired) electrons. The lowest BCUT2D eigenvalue weighted by molar-refractivity contribution is -0.117. The van der Waals surface area contributed by atoms with Gasteiger partial charge in [0, 0.05) is 0 Å². The van der Waals surface area contributed by atoms with Crippen LogP contribution in [0.1, 0.15) is 13.3 Å². The molecule has 0 aliphatic carbocycles. The number of carbonyl (C=O) groups is 1. The van der Waals surface area contributed by atoms with Crippen LogP contribution in [0.5, 0.6) is 5.75 Å². The Balaban J connectivity index is 2.11. The molecule has 2 rings (SSSR count). The van der Waals surface area contributed by atoms with E-state index in [9.17, 15) is 9.18 Å². The van der Waals surface area contributed by atoms with Gasteiger partial charge < -0.3 is 15.4 Å². The molecule has 116 valence electrons. The van der Waals surface area contributed by atoms with Crippen molar-refractivity contribution >= 4 is 17.3 Å². The maximum absolute atomic E-state index is 13.6. The number of methoxy groups -OCH3 is 1. The molecular formula is C17H19FN2O2. The number of benzene rings is 2. The van der Waals surface area contributed by atoms with E-state index >= 15 is 0 Å². The lowest BCUT2D eigenvalue weighted by Gasteiger charge is -2.19. The number of amides is 1. The smallest absolute Gasteiger partial charge is 0.246 e. The van der Waals surface area contributed by atoms with E-state index in [2.05, 4.69) is 10.6 Å². The Morgan fingerprint density at radius 1 is 1.14 bits per heavy atom. The lowest BCUT2D eigenvalue weighted by Crippen LogP contribution is -2.34. The van der Waals surface area contributed by atoms with Gasteiger partial charge >= 0.3 is 0 Å². The van der Waals surface area contributed by atoms with Crippen LogP contribution in [0.15, 0.2) is 48.5 Å². The predicted octanol–water partition coefficient (Wildman–Crippen LogP) is 3.66. The van der Waals surface area contributed by atoms with Gasteiger partial charge in [-0.25, -0.2) is 4.39 Å². The third kappa shape index (κ3) is 3.75. The van der Waals surface area contributed by atoms with Gasteiger partial charge in [0.1, 0.15) is 17.6 Å². The first-order valence-electron chi connectivity index (χ1n) is 7.10. The van der Waals surface area contributed by atoms with E-state index in [0.29, 0.717) is 12.2 Å². The highest BCUT2D eigenvalue weighted by Gasteiger charge is 2.18. The summed E-state index contributed by atoms with van der Waals surface area (Å²) in [6.45, 7) is 1.88. The summed E-state index contributed by atoms with van der Waals surface area (Å²) in [7, 11) is 1.57. The van der Waals surface area contributed by atoms with Gasteiger partial charge in [-0.05, 0) is 30.7 Å². The highest BCUT2D eigenvalue weighted by Crippen LogP contribution is 2.24. The van der Waals surface area contributed by atoms with Gasteiger partial charge in [0.05, 0.1) is 18.5 Å². The molecule has 0 heterocycles. The van der Waals surface area contributed by atoms with Gasteiger partial charge in [-0.2, -0.15) is 0 Å². The molecule has 1 amide bonds. The molecule has 22 heavy (non-hydrogen) atoms. The van der Waals surface area contributed by atoms with E-state index in [1.54, 1.807) is 19.2 Å². The topological polar surface area (TPSA) is 50.4 Å². The van der Waals surface area contributed by atoms with Crippen molar-refractivity contribution in [3.63, 3.8) is 0 Å². The molecule has 5 heteroatoms. The normalized spacial score (nSPS) is 11.6. The van der Waals surface area contributed by atoms with Crippen molar-refractivity contribution in [3.8, 4) is 5.75 Å². The SMILES string of the molecule is CC[C@H](Nc1ccccc1OC)C(=O)Nc1ccccc1F. The molecule has 0 unspecified atom stereocenters. The van der Waals surface area contributed by atoms with Crippen molar-refractivity contribution in [1.82, 2.24) is 0 Å². The van der Waals surface area contributed by atoms with Gasteiger partial charge in [-0.3, -0.25) is 4.79 Å². The fourth-order valence-electron chi connectivity index (χ4n) is 2.09. The zero-order valence-electron chi connectivity index (χ0n) is 12.6. The summed E-state index contributed by atoms with van der Waals surface area (Å²) in [5.41, 5.74) is 0.897. The monoisotopic (exact) mass is 302 g/mol. The Morgan fingerprint density at radius 3 is 2.41 bits per heavy atom. The minimum atomic E-state index is -0.490. The molecule has 0 saturated heterocycles. The third-order valence-electron chi connectivity index (χ3n) is 3.29. The summed E-state index contributed by atoms with van der Waals surface area (Å²) in [5.74, 6) is -0.0962. The zero-order chi connectivity index (χ0) is 15.9. The molecule has 1 atom stereocenters. The van der Waals surface area contributed by atoms with Crippen LogP contribution >= 0.6 is 0 Å². The summed E-state index contributed by atoms with van der Waals surface area (Å²) in [4.78, 5) is 12.3. The van der Waals surface area contributed by atoms with Crippen molar-refractivity contribution in [1.29, 1.82) is 0 Å². The predicted molar refractivity (Wildman–Crippen MR) is 85.7 cm³/mol. The Kier molecular flexibility index (Phi) is 5.36. The van der Waals surface area contributed by atoms with Crippen LogP contribution in [-0.4, -0.2) is 19.1 Å². The van der Waals surface area contributed by atoms with Crippen molar-refractivity contribution < 1.29 is 13.9 Å². The summed E-state index contributed by atoms with van der Waals surface area (Å²) >= 11 is 0. The molecule has 2 N–H and O–H groups in total. The number of hydrogen-bond donors (Lipinski definition) is 2. The number of ether oxygens (including phenoxy) is 1. The molecule has 4 nitrogen and oxygen atoms in total. The van der Waals surface area contributed by atoms with E-state index in [-0.39, 0.29) is 11.6 Å². The summed E-state index contributed by atoms with van der Waals surface area (Å²) in [6.07, 6.45) is 0.554. The molecule has 0 aliphatic rings. The van der Waals surface area contributed by atoms with Crippen molar-refractivity contribution in [3.05, 3.63) is 54.3 Å². The molecule has 0 aromatic heterocycles. The van der Waals surface area contributed by atoms with E-state index in [4.69, 9.17) is 4.74 Å². The molecule has 0 bridgehead atoms. The maximum atomic E-state index is 13.6. The number of para-hydroxylation sites is 3. The quantitative estimate of drug-likeness (QED) is 0.856. The number of hydrogen-bond acceptors (Lipinski definition) is 3. The first-order valence-corrected chi connectivity index (χ1v) is 7.10. The van der Waals surface area contributed by atoms with Crippen molar-refractivity contribution in [2.45, 2.75) is 19.4 Å². The lowest BCUT2D eigenvalue weighted by atomic mass is 10.1. The van der Waals surface area contributed by atoms with E-state index in [1.807, 2.05) is 31.2 Å². The molecular weight excluding hydrogens is 283 g/mol. The van der Waals surface area contributed by atoms with Crippen LogP contribution in [0.2, 0.25) is 0 Å². The van der Waals surface area contributed by atoms with Crippen LogP contribution in [0.3, 0.4) is 0 Å². The molecule has 2 aromatic carbocycles. The first kappa shape index (κ1) is 15.8. The number of anilines is 2. The maximum Gasteiger partial charge on any atom is 0.246 e. The molecule has 2 aromatic rings. The minimum absolute atomic E-state index is 0.174. The van der Waals surface area contributed by atoms with Gasteiger partial charge in [-0.15, -0.1) is 0 Å². The number of halogens is 1. The highest BCUT2D eigenvalue weighted by atomic mass is 19.1. The second kappa shape index (κ2) is 7.45. The average Bonchev–Trinajstić information content (AvgIpc) is 2.55. The Labute approximate surface area is 129 Å². The standard InChI is InChI=1S/C17H19FN2O2/c1-3-13(19-15-10-6-7-11-16(15)22-2)17(21)20-14-9-5-4-8-12(14)18/h4-11,13,19H,3H2,1-2H3,(H,20,21)/t13-/m0/s1.